The molecule has 0 saturated carbocycles. The van der Waals surface area contributed by atoms with Crippen LogP contribution in [0.2, 0.25) is 0 Å². The molecule has 0 bridgehead atoms. The Morgan fingerprint density at radius 2 is 2.11 bits per heavy atom. The van der Waals surface area contributed by atoms with E-state index >= 15 is 0 Å². The van der Waals surface area contributed by atoms with E-state index in [2.05, 4.69) is 10.3 Å². The molecule has 6 heteroatoms. The van der Waals surface area contributed by atoms with E-state index < -0.39 is 11.7 Å². The molecule has 0 fully saturated rings. The Balaban J connectivity index is 2.15. The molecule has 0 aliphatic heterocycles. The van der Waals surface area contributed by atoms with Gasteiger partial charge in [-0.2, -0.15) is 24.5 Å². The fourth-order valence-electron chi connectivity index (χ4n) is 1.51. The maximum atomic E-state index is 12.5. The Labute approximate surface area is 106 Å². The van der Waals surface area contributed by atoms with Crippen molar-refractivity contribution in [2.24, 2.45) is 0 Å². The van der Waals surface area contributed by atoms with Gasteiger partial charge in [0.1, 0.15) is 5.82 Å². The Bertz CT molecular complexity index is 508. The van der Waals surface area contributed by atoms with Gasteiger partial charge in [-0.3, -0.25) is 0 Å². The molecule has 2 rings (SSSR count). The summed E-state index contributed by atoms with van der Waals surface area (Å²) in [5.74, 6) is 0.225. The summed E-state index contributed by atoms with van der Waals surface area (Å²) >= 11 is 1.55. The quantitative estimate of drug-likeness (QED) is 0.899. The van der Waals surface area contributed by atoms with Crippen LogP contribution in [0.3, 0.4) is 0 Å². The molecule has 2 aromatic rings. The number of anilines is 1. The molecule has 0 radical (unpaired) electrons. The lowest BCUT2D eigenvalue weighted by Gasteiger charge is -2.14. The van der Waals surface area contributed by atoms with E-state index in [-0.39, 0.29) is 11.9 Å². The Morgan fingerprint density at radius 3 is 2.72 bits per heavy atom. The SMILES string of the molecule is CC(Nc1cc(C(F)(F)F)ccn1)c1ccsc1. The zero-order chi connectivity index (χ0) is 13.2. The number of thiophene rings is 1. The van der Waals surface area contributed by atoms with Crippen molar-refractivity contribution in [3.63, 3.8) is 0 Å². The van der Waals surface area contributed by atoms with Gasteiger partial charge < -0.3 is 5.32 Å². The van der Waals surface area contributed by atoms with Gasteiger partial charge in [-0.05, 0) is 41.4 Å². The molecular weight excluding hydrogens is 261 g/mol. The third-order valence-electron chi connectivity index (χ3n) is 2.49. The third-order valence-corrected chi connectivity index (χ3v) is 3.20. The zero-order valence-corrected chi connectivity index (χ0v) is 10.3. The largest absolute Gasteiger partial charge is 0.416 e. The molecule has 0 amide bonds. The molecule has 0 aromatic carbocycles. The number of nitrogens with zero attached hydrogens (tertiary/aromatic N) is 1. The minimum absolute atomic E-state index is 0.0766. The van der Waals surface area contributed by atoms with E-state index in [1.165, 1.54) is 0 Å². The van der Waals surface area contributed by atoms with Crippen LogP contribution in [0.1, 0.15) is 24.1 Å². The number of aromatic nitrogens is 1. The van der Waals surface area contributed by atoms with Gasteiger partial charge in [-0.15, -0.1) is 0 Å². The lowest BCUT2D eigenvalue weighted by Crippen LogP contribution is -2.10. The third kappa shape index (κ3) is 3.01. The van der Waals surface area contributed by atoms with Crippen LogP contribution in [0.5, 0.6) is 0 Å². The molecule has 96 valence electrons. The van der Waals surface area contributed by atoms with Crippen molar-refractivity contribution in [1.82, 2.24) is 4.98 Å². The standard InChI is InChI=1S/C12H11F3N2S/c1-8(9-3-5-18-7-9)17-11-6-10(2-4-16-11)12(13,14)15/h2-8H,1H3,(H,16,17). The first-order valence-corrected chi connectivity index (χ1v) is 6.23. The number of nitrogens with one attached hydrogen (secondary N) is 1. The number of pyridine rings is 1. The fraction of sp³-hybridized carbons (Fsp3) is 0.250. The van der Waals surface area contributed by atoms with Crippen molar-refractivity contribution in [2.75, 3.05) is 5.32 Å². The summed E-state index contributed by atoms with van der Waals surface area (Å²) in [4.78, 5) is 3.90. The Hall–Kier alpha value is -1.56. The van der Waals surface area contributed by atoms with Crippen molar-refractivity contribution in [3.8, 4) is 0 Å². The topological polar surface area (TPSA) is 24.9 Å². The highest BCUT2D eigenvalue weighted by molar-refractivity contribution is 7.07. The Kier molecular flexibility index (Phi) is 3.56. The van der Waals surface area contributed by atoms with Crippen LogP contribution in [-0.4, -0.2) is 4.98 Å². The summed E-state index contributed by atoms with van der Waals surface area (Å²) in [5, 5.41) is 6.83. The zero-order valence-electron chi connectivity index (χ0n) is 9.53. The average Bonchev–Trinajstić information content (AvgIpc) is 2.81. The van der Waals surface area contributed by atoms with Crippen molar-refractivity contribution >= 4 is 17.2 Å². The molecule has 0 saturated heterocycles. The minimum atomic E-state index is -4.34. The minimum Gasteiger partial charge on any atom is -0.364 e. The van der Waals surface area contributed by atoms with Crippen LogP contribution in [0.25, 0.3) is 0 Å². The van der Waals surface area contributed by atoms with E-state index in [1.807, 2.05) is 23.8 Å². The molecule has 0 spiro atoms. The lowest BCUT2D eigenvalue weighted by molar-refractivity contribution is -0.137. The highest BCUT2D eigenvalue weighted by Crippen LogP contribution is 2.30. The van der Waals surface area contributed by atoms with Gasteiger partial charge in [-0.25, -0.2) is 4.98 Å². The molecule has 2 aromatic heterocycles. The first-order chi connectivity index (χ1) is 8.47. The second-order valence-corrected chi connectivity index (χ2v) is 4.63. The van der Waals surface area contributed by atoms with Gasteiger partial charge in [-0.1, -0.05) is 0 Å². The smallest absolute Gasteiger partial charge is 0.364 e. The van der Waals surface area contributed by atoms with E-state index in [1.54, 1.807) is 11.3 Å². The summed E-state index contributed by atoms with van der Waals surface area (Å²) in [6, 6.07) is 3.83. The van der Waals surface area contributed by atoms with E-state index in [4.69, 9.17) is 0 Å². The second kappa shape index (κ2) is 4.97. The monoisotopic (exact) mass is 272 g/mol. The van der Waals surface area contributed by atoms with E-state index in [9.17, 15) is 13.2 Å². The van der Waals surface area contributed by atoms with Gasteiger partial charge in [0.05, 0.1) is 11.6 Å². The lowest BCUT2D eigenvalue weighted by atomic mass is 10.2. The first-order valence-electron chi connectivity index (χ1n) is 5.28. The van der Waals surface area contributed by atoms with Crippen LogP contribution in [0.15, 0.2) is 35.2 Å². The molecule has 2 nitrogen and oxygen atoms in total. The molecule has 0 aliphatic carbocycles. The van der Waals surface area contributed by atoms with Gasteiger partial charge in [0.15, 0.2) is 0 Å². The maximum Gasteiger partial charge on any atom is 0.416 e. The van der Waals surface area contributed by atoms with Crippen LogP contribution in [0, 0.1) is 0 Å². The van der Waals surface area contributed by atoms with Crippen molar-refractivity contribution in [2.45, 2.75) is 19.1 Å². The predicted molar refractivity (Wildman–Crippen MR) is 65.6 cm³/mol. The van der Waals surface area contributed by atoms with Gasteiger partial charge >= 0.3 is 6.18 Å². The Morgan fingerprint density at radius 1 is 1.33 bits per heavy atom. The number of alkyl halides is 3. The molecule has 2 heterocycles. The van der Waals surface area contributed by atoms with Crippen LogP contribution < -0.4 is 5.32 Å². The summed E-state index contributed by atoms with van der Waals surface area (Å²) < 4.78 is 37.6. The van der Waals surface area contributed by atoms with Gasteiger partial charge in [0, 0.05) is 6.20 Å². The fourth-order valence-corrected chi connectivity index (χ4v) is 2.27. The summed E-state index contributed by atoms with van der Waals surface area (Å²) in [5.41, 5.74) is 0.330. The molecule has 1 atom stereocenters. The normalized spacial score (nSPS) is 13.3. The van der Waals surface area contributed by atoms with Gasteiger partial charge in [0.2, 0.25) is 0 Å². The second-order valence-electron chi connectivity index (χ2n) is 3.85. The number of hydrogen-bond acceptors (Lipinski definition) is 3. The van der Waals surface area contributed by atoms with Crippen LogP contribution in [0.4, 0.5) is 19.0 Å². The summed E-state index contributed by atoms with van der Waals surface area (Å²) in [7, 11) is 0. The number of rotatable bonds is 3. The van der Waals surface area contributed by atoms with Gasteiger partial charge in [0.25, 0.3) is 0 Å². The summed E-state index contributed by atoms with van der Waals surface area (Å²) in [6.45, 7) is 1.88. The molecular formula is C12H11F3N2S. The van der Waals surface area contributed by atoms with Crippen LogP contribution in [-0.2, 0) is 6.18 Å². The van der Waals surface area contributed by atoms with Crippen molar-refractivity contribution < 1.29 is 13.2 Å². The predicted octanol–water partition coefficient (Wildman–Crippen LogP) is 4.34. The highest BCUT2D eigenvalue weighted by Gasteiger charge is 2.30. The average molecular weight is 272 g/mol. The highest BCUT2D eigenvalue weighted by atomic mass is 32.1. The number of hydrogen-bond donors (Lipinski definition) is 1. The first kappa shape index (κ1) is 12.9. The van der Waals surface area contributed by atoms with Crippen LogP contribution >= 0.6 is 11.3 Å². The van der Waals surface area contributed by atoms with E-state index in [0.29, 0.717) is 0 Å². The van der Waals surface area contributed by atoms with Crippen molar-refractivity contribution in [3.05, 3.63) is 46.3 Å². The molecule has 1 unspecified atom stereocenters. The molecule has 1 N–H and O–H groups in total. The maximum absolute atomic E-state index is 12.5. The molecule has 0 aliphatic rings. The summed E-state index contributed by atoms with van der Waals surface area (Å²) in [6.07, 6.45) is -3.18. The number of halogens is 3. The molecule has 18 heavy (non-hydrogen) atoms. The van der Waals surface area contributed by atoms with Crippen molar-refractivity contribution in [1.29, 1.82) is 0 Å². The van der Waals surface area contributed by atoms with E-state index in [0.717, 1.165) is 23.9 Å².